The summed E-state index contributed by atoms with van der Waals surface area (Å²) < 4.78 is 31.6. The lowest BCUT2D eigenvalue weighted by Crippen LogP contribution is -2.21. The van der Waals surface area contributed by atoms with Crippen molar-refractivity contribution in [3.05, 3.63) is 0 Å². The molecule has 0 amide bonds. The van der Waals surface area contributed by atoms with Gasteiger partial charge in [-0.3, -0.25) is 8.98 Å². The van der Waals surface area contributed by atoms with E-state index in [-0.39, 0.29) is 18.5 Å². The lowest BCUT2D eigenvalue weighted by Gasteiger charge is -2.15. The Labute approximate surface area is 115 Å². The number of hydrogen-bond donors (Lipinski definition) is 0. The van der Waals surface area contributed by atoms with Crippen molar-refractivity contribution in [2.24, 2.45) is 17.8 Å². The van der Waals surface area contributed by atoms with Crippen LogP contribution in [0.4, 0.5) is 0 Å². The van der Waals surface area contributed by atoms with Gasteiger partial charge in [-0.1, -0.05) is 13.3 Å². The van der Waals surface area contributed by atoms with E-state index in [1.54, 1.807) is 0 Å². The monoisotopic (exact) mass is 292 g/mol. The van der Waals surface area contributed by atoms with Crippen molar-refractivity contribution in [1.82, 2.24) is 0 Å². The molecule has 0 bridgehead atoms. The third kappa shape index (κ3) is 5.48. The third-order valence-electron chi connectivity index (χ3n) is 3.73. The van der Waals surface area contributed by atoms with Crippen LogP contribution in [0.15, 0.2) is 0 Å². The Morgan fingerprint density at radius 3 is 2.47 bits per heavy atom. The van der Waals surface area contributed by atoms with E-state index < -0.39 is 10.1 Å². The molecule has 0 heterocycles. The SMILES string of the molecule is CCOC(=O)[C@H]1C[C@@H](CCOS(C)(=O)=O)C[C@H]1CC. The molecule has 6 heteroatoms. The summed E-state index contributed by atoms with van der Waals surface area (Å²) in [4.78, 5) is 11.8. The van der Waals surface area contributed by atoms with Crippen molar-refractivity contribution in [3.8, 4) is 0 Å². The van der Waals surface area contributed by atoms with Crippen molar-refractivity contribution < 1.29 is 22.1 Å². The molecule has 1 rings (SSSR count). The van der Waals surface area contributed by atoms with Crippen LogP contribution in [0.25, 0.3) is 0 Å². The molecule has 0 N–H and O–H groups in total. The molecule has 0 aromatic heterocycles. The van der Waals surface area contributed by atoms with Gasteiger partial charge in [-0.05, 0) is 38.0 Å². The fraction of sp³-hybridized carbons (Fsp3) is 0.923. The zero-order chi connectivity index (χ0) is 14.5. The molecule has 0 unspecified atom stereocenters. The average Bonchev–Trinajstić information content (AvgIpc) is 2.71. The lowest BCUT2D eigenvalue weighted by molar-refractivity contribution is -0.149. The molecule has 112 valence electrons. The van der Waals surface area contributed by atoms with Crippen LogP contribution in [0.3, 0.4) is 0 Å². The van der Waals surface area contributed by atoms with Crippen LogP contribution >= 0.6 is 0 Å². The van der Waals surface area contributed by atoms with Gasteiger partial charge in [-0.25, -0.2) is 0 Å². The summed E-state index contributed by atoms with van der Waals surface area (Å²) in [5.41, 5.74) is 0. The second-order valence-electron chi connectivity index (χ2n) is 5.18. The maximum atomic E-state index is 11.8. The molecule has 1 aliphatic carbocycles. The number of ether oxygens (including phenoxy) is 1. The summed E-state index contributed by atoms with van der Waals surface area (Å²) in [7, 11) is -3.37. The Kier molecular flexibility index (Phi) is 6.26. The molecule has 19 heavy (non-hydrogen) atoms. The molecule has 1 aliphatic rings. The molecule has 3 atom stereocenters. The van der Waals surface area contributed by atoms with Gasteiger partial charge < -0.3 is 4.74 Å². The van der Waals surface area contributed by atoms with Gasteiger partial charge in [0.15, 0.2) is 0 Å². The van der Waals surface area contributed by atoms with Gasteiger partial charge in [0.1, 0.15) is 0 Å². The predicted octanol–water partition coefficient (Wildman–Crippen LogP) is 1.97. The molecular weight excluding hydrogens is 268 g/mol. The minimum Gasteiger partial charge on any atom is -0.466 e. The standard InChI is InChI=1S/C13H24O5S/c1-4-11-8-10(6-7-18-19(3,15)16)9-12(11)13(14)17-5-2/h10-12H,4-9H2,1-3H3/t10-,11+,12-/m0/s1. The zero-order valence-electron chi connectivity index (χ0n) is 11.9. The van der Waals surface area contributed by atoms with Crippen LogP contribution in [-0.2, 0) is 23.8 Å². The normalized spacial score (nSPS) is 27.4. The van der Waals surface area contributed by atoms with Crippen molar-refractivity contribution in [2.45, 2.75) is 39.5 Å². The molecule has 1 fully saturated rings. The highest BCUT2D eigenvalue weighted by Crippen LogP contribution is 2.40. The summed E-state index contributed by atoms with van der Waals surface area (Å²) in [6, 6.07) is 0. The molecule has 0 aromatic carbocycles. The van der Waals surface area contributed by atoms with E-state index in [2.05, 4.69) is 6.92 Å². The summed E-state index contributed by atoms with van der Waals surface area (Å²) in [6.45, 7) is 4.50. The van der Waals surface area contributed by atoms with Crippen LogP contribution in [0, 0.1) is 17.8 Å². The minimum absolute atomic E-state index is 0.0341. The molecular formula is C13H24O5S. The maximum absolute atomic E-state index is 11.8. The first-order chi connectivity index (χ1) is 8.87. The summed E-state index contributed by atoms with van der Waals surface area (Å²) in [5, 5.41) is 0. The van der Waals surface area contributed by atoms with Gasteiger partial charge in [-0.15, -0.1) is 0 Å². The first-order valence-electron chi connectivity index (χ1n) is 6.88. The fourth-order valence-corrected chi connectivity index (χ4v) is 3.23. The molecule has 0 aromatic rings. The van der Waals surface area contributed by atoms with Gasteiger partial charge in [-0.2, -0.15) is 8.42 Å². The highest BCUT2D eigenvalue weighted by Gasteiger charge is 2.38. The van der Waals surface area contributed by atoms with E-state index >= 15 is 0 Å². The number of rotatable bonds is 7. The Morgan fingerprint density at radius 1 is 1.26 bits per heavy atom. The minimum atomic E-state index is -3.37. The summed E-state index contributed by atoms with van der Waals surface area (Å²) >= 11 is 0. The Bertz CT molecular complexity index is 390. The Morgan fingerprint density at radius 2 is 1.95 bits per heavy atom. The quantitative estimate of drug-likeness (QED) is 0.530. The first kappa shape index (κ1) is 16.4. The molecule has 1 saturated carbocycles. The van der Waals surface area contributed by atoms with Gasteiger partial charge in [0.05, 0.1) is 25.4 Å². The fourth-order valence-electron chi connectivity index (χ4n) is 2.83. The molecule has 0 saturated heterocycles. The third-order valence-corrected chi connectivity index (χ3v) is 4.32. The predicted molar refractivity (Wildman–Crippen MR) is 72.0 cm³/mol. The van der Waals surface area contributed by atoms with Crippen molar-refractivity contribution in [1.29, 1.82) is 0 Å². The average molecular weight is 292 g/mol. The second-order valence-corrected chi connectivity index (χ2v) is 6.82. The van der Waals surface area contributed by atoms with Crippen LogP contribution in [0.5, 0.6) is 0 Å². The lowest BCUT2D eigenvalue weighted by atomic mass is 9.94. The van der Waals surface area contributed by atoms with Gasteiger partial charge >= 0.3 is 5.97 Å². The van der Waals surface area contributed by atoms with E-state index in [0.29, 0.717) is 24.9 Å². The van der Waals surface area contributed by atoms with Crippen molar-refractivity contribution in [3.63, 3.8) is 0 Å². The van der Waals surface area contributed by atoms with Gasteiger partial charge in [0, 0.05) is 0 Å². The number of hydrogen-bond acceptors (Lipinski definition) is 5. The van der Waals surface area contributed by atoms with E-state index in [1.165, 1.54) is 0 Å². The Hall–Kier alpha value is -0.620. The highest BCUT2D eigenvalue weighted by atomic mass is 32.2. The van der Waals surface area contributed by atoms with E-state index in [1.807, 2.05) is 6.92 Å². The molecule has 0 spiro atoms. The topological polar surface area (TPSA) is 69.7 Å². The largest absolute Gasteiger partial charge is 0.466 e. The number of carbonyl (C=O) groups excluding carboxylic acids is 1. The van der Waals surface area contributed by atoms with Gasteiger partial charge in [0.2, 0.25) is 0 Å². The van der Waals surface area contributed by atoms with Crippen LogP contribution < -0.4 is 0 Å². The zero-order valence-corrected chi connectivity index (χ0v) is 12.7. The van der Waals surface area contributed by atoms with E-state index in [4.69, 9.17) is 8.92 Å². The number of carbonyl (C=O) groups is 1. The Balaban J connectivity index is 2.45. The molecule has 0 aliphatic heterocycles. The van der Waals surface area contributed by atoms with Crippen LogP contribution in [0.1, 0.15) is 39.5 Å². The summed E-state index contributed by atoms with van der Waals surface area (Å²) in [6.07, 6.45) is 4.42. The maximum Gasteiger partial charge on any atom is 0.309 e. The molecule has 5 nitrogen and oxygen atoms in total. The van der Waals surface area contributed by atoms with E-state index in [0.717, 1.165) is 25.5 Å². The van der Waals surface area contributed by atoms with Crippen LogP contribution in [0.2, 0.25) is 0 Å². The van der Waals surface area contributed by atoms with Crippen LogP contribution in [-0.4, -0.2) is 33.9 Å². The van der Waals surface area contributed by atoms with Crippen molar-refractivity contribution >= 4 is 16.1 Å². The van der Waals surface area contributed by atoms with E-state index in [9.17, 15) is 13.2 Å². The number of esters is 1. The van der Waals surface area contributed by atoms with Gasteiger partial charge in [0.25, 0.3) is 10.1 Å². The highest BCUT2D eigenvalue weighted by molar-refractivity contribution is 7.85. The second kappa shape index (κ2) is 7.24. The smallest absolute Gasteiger partial charge is 0.309 e. The summed E-state index contributed by atoms with van der Waals surface area (Å²) in [5.74, 6) is 0.553. The van der Waals surface area contributed by atoms with Crippen molar-refractivity contribution in [2.75, 3.05) is 19.5 Å². The first-order valence-corrected chi connectivity index (χ1v) is 8.70. The molecule has 0 radical (unpaired) electrons.